The summed E-state index contributed by atoms with van der Waals surface area (Å²) in [5.41, 5.74) is 0.652. The molecule has 0 bridgehead atoms. The van der Waals surface area contributed by atoms with Gasteiger partial charge < -0.3 is 19.5 Å². The lowest BCUT2D eigenvalue weighted by Gasteiger charge is -2.12. The average molecular weight is 343 g/mol. The standard InChI is InChI=1S/C20H25NO4/c1-3-5-14-24-19-9-7-6-8-18(19)21-20(22)15-25-17-12-10-16(11-13-17)23-4-2/h6-13H,3-5,14-15H2,1-2H3,(H,21,22). The van der Waals surface area contributed by atoms with E-state index in [2.05, 4.69) is 12.2 Å². The molecular weight excluding hydrogens is 318 g/mol. The lowest BCUT2D eigenvalue weighted by Crippen LogP contribution is -2.20. The highest BCUT2D eigenvalue weighted by Crippen LogP contribution is 2.24. The lowest BCUT2D eigenvalue weighted by molar-refractivity contribution is -0.118. The van der Waals surface area contributed by atoms with Crippen LogP contribution in [0.25, 0.3) is 0 Å². The first-order valence-corrected chi connectivity index (χ1v) is 8.60. The first kappa shape index (κ1) is 18.6. The van der Waals surface area contributed by atoms with Crippen molar-refractivity contribution in [1.82, 2.24) is 0 Å². The Kier molecular flexibility index (Phi) is 7.63. The van der Waals surface area contributed by atoms with Crippen molar-refractivity contribution in [2.24, 2.45) is 0 Å². The molecule has 5 heteroatoms. The fraction of sp³-hybridized carbons (Fsp3) is 0.350. The van der Waals surface area contributed by atoms with Crippen molar-refractivity contribution < 1.29 is 19.0 Å². The maximum Gasteiger partial charge on any atom is 0.262 e. The summed E-state index contributed by atoms with van der Waals surface area (Å²) in [7, 11) is 0. The summed E-state index contributed by atoms with van der Waals surface area (Å²) in [6.45, 7) is 5.21. The molecule has 5 nitrogen and oxygen atoms in total. The number of para-hydroxylation sites is 2. The number of anilines is 1. The molecule has 0 aliphatic rings. The molecular formula is C20H25NO4. The Hall–Kier alpha value is -2.69. The predicted octanol–water partition coefficient (Wildman–Crippen LogP) is 4.28. The quantitative estimate of drug-likeness (QED) is 0.654. The summed E-state index contributed by atoms with van der Waals surface area (Å²) in [6.07, 6.45) is 2.04. The number of unbranched alkanes of at least 4 members (excludes halogenated alkanes) is 1. The highest BCUT2D eigenvalue weighted by atomic mass is 16.5. The molecule has 0 spiro atoms. The largest absolute Gasteiger partial charge is 0.494 e. The van der Waals surface area contributed by atoms with E-state index in [0.717, 1.165) is 18.6 Å². The van der Waals surface area contributed by atoms with Crippen molar-refractivity contribution in [3.63, 3.8) is 0 Å². The third-order valence-corrected chi connectivity index (χ3v) is 3.42. The van der Waals surface area contributed by atoms with E-state index >= 15 is 0 Å². The molecule has 0 aliphatic heterocycles. The van der Waals surface area contributed by atoms with Crippen molar-refractivity contribution in [1.29, 1.82) is 0 Å². The van der Waals surface area contributed by atoms with Crippen molar-refractivity contribution in [3.05, 3.63) is 48.5 Å². The Morgan fingerprint density at radius 2 is 1.60 bits per heavy atom. The Balaban J connectivity index is 1.85. The lowest BCUT2D eigenvalue weighted by atomic mass is 10.3. The zero-order valence-electron chi connectivity index (χ0n) is 14.8. The normalized spacial score (nSPS) is 10.2. The van der Waals surface area contributed by atoms with E-state index in [9.17, 15) is 4.79 Å². The number of nitrogens with one attached hydrogen (secondary N) is 1. The second kappa shape index (κ2) is 10.2. The van der Waals surface area contributed by atoms with Crippen LogP contribution in [0.3, 0.4) is 0 Å². The number of hydrogen-bond donors (Lipinski definition) is 1. The van der Waals surface area contributed by atoms with E-state index in [-0.39, 0.29) is 12.5 Å². The van der Waals surface area contributed by atoms with Crippen LogP contribution in [0.2, 0.25) is 0 Å². The van der Waals surface area contributed by atoms with Gasteiger partial charge in [0.1, 0.15) is 17.2 Å². The van der Waals surface area contributed by atoms with Crippen molar-refractivity contribution in [2.45, 2.75) is 26.7 Å². The van der Waals surface area contributed by atoms with Gasteiger partial charge >= 0.3 is 0 Å². The Morgan fingerprint density at radius 1 is 0.920 bits per heavy atom. The zero-order valence-corrected chi connectivity index (χ0v) is 14.8. The van der Waals surface area contributed by atoms with Crippen LogP contribution in [0.15, 0.2) is 48.5 Å². The minimum Gasteiger partial charge on any atom is -0.494 e. The van der Waals surface area contributed by atoms with Crippen LogP contribution in [0.5, 0.6) is 17.2 Å². The third kappa shape index (κ3) is 6.37. The average Bonchev–Trinajstić information content (AvgIpc) is 2.63. The smallest absolute Gasteiger partial charge is 0.262 e. The van der Waals surface area contributed by atoms with E-state index in [1.807, 2.05) is 43.3 Å². The van der Waals surface area contributed by atoms with Crippen LogP contribution in [0, 0.1) is 0 Å². The summed E-state index contributed by atoms with van der Waals surface area (Å²) in [5, 5.41) is 2.83. The van der Waals surface area contributed by atoms with Gasteiger partial charge in [-0.1, -0.05) is 25.5 Å². The monoisotopic (exact) mass is 343 g/mol. The van der Waals surface area contributed by atoms with Gasteiger partial charge in [-0.2, -0.15) is 0 Å². The van der Waals surface area contributed by atoms with Crippen LogP contribution >= 0.6 is 0 Å². The summed E-state index contributed by atoms with van der Waals surface area (Å²) < 4.78 is 16.6. The molecule has 0 radical (unpaired) electrons. The van der Waals surface area contributed by atoms with Gasteiger partial charge in [-0.05, 0) is 49.7 Å². The molecule has 2 rings (SSSR count). The molecule has 0 heterocycles. The fourth-order valence-corrected chi connectivity index (χ4v) is 2.16. The molecule has 0 atom stereocenters. The Labute approximate surface area is 148 Å². The molecule has 0 aliphatic carbocycles. The highest BCUT2D eigenvalue weighted by molar-refractivity contribution is 5.93. The van der Waals surface area contributed by atoms with Gasteiger partial charge in [0.15, 0.2) is 6.61 Å². The minimum absolute atomic E-state index is 0.0721. The van der Waals surface area contributed by atoms with Crippen molar-refractivity contribution in [3.8, 4) is 17.2 Å². The highest BCUT2D eigenvalue weighted by Gasteiger charge is 2.08. The van der Waals surface area contributed by atoms with Crippen LogP contribution in [-0.4, -0.2) is 25.7 Å². The van der Waals surface area contributed by atoms with Crippen LogP contribution in [-0.2, 0) is 4.79 Å². The molecule has 1 N–H and O–H groups in total. The SMILES string of the molecule is CCCCOc1ccccc1NC(=O)COc1ccc(OCC)cc1. The molecule has 25 heavy (non-hydrogen) atoms. The molecule has 1 amide bonds. The number of rotatable bonds is 10. The fourth-order valence-electron chi connectivity index (χ4n) is 2.16. The molecule has 134 valence electrons. The molecule has 2 aromatic carbocycles. The maximum absolute atomic E-state index is 12.1. The molecule has 2 aromatic rings. The maximum atomic E-state index is 12.1. The molecule has 0 saturated heterocycles. The van der Waals surface area contributed by atoms with Crippen LogP contribution < -0.4 is 19.5 Å². The van der Waals surface area contributed by atoms with E-state index in [1.165, 1.54) is 0 Å². The minimum atomic E-state index is -0.236. The number of hydrogen-bond acceptors (Lipinski definition) is 4. The summed E-state index contributed by atoms with van der Waals surface area (Å²) in [5.74, 6) is 1.83. The number of amides is 1. The number of carbonyl (C=O) groups is 1. The number of carbonyl (C=O) groups excluding carboxylic acids is 1. The second-order valence-corrected chi connectivity index (χ2v) is 5.44. The third-order valence-electron chi connectivity index (χ3n) is 3.42. The van der Waals surface area contributed by atoms with E-state index in [0.29, 0.717) is 30.4 Å². The second-order valence-electron chi connectivity index (χ2n) is 5.44. The van der Waals surface area contributed by atoms with Gasteiger partial charge in [0.05, 0.1) is 18.9 Å². The Bertz CT molecular complexity index is 655. The van der Waals surface area contributed by atoms with E-state index in [1.54, 1.807) is 12.1 Å². The summed E-state index contributed by atoms with van der Waals surface area (Å²) in [6, 6.07) is 14.6. The molecule has 0 aromatic heterocycles. The molecule has 0 unspecified atom stereocenters. The first-order chi connectivity index (χ1) is 12.2. The van der Waals surface area contributed by atoms with Crippen LogP contribution in [0.4, 0.5) is 5.69 Å². The topological polar surface area (TPSA) is 56.8 Å². The van der Waals surface area contributed by atoms with Gasteiger partial charge in [0.2, 0.25) is 0 Å². The first-order valence-electron chi connectivity index (χ1n) is 8.60. The number of ether oxygens (including phenoxy) is 3. The number of benzene rings is 2. The van der Waals surface area contributed by atoms with Crippen LogP contribution in [0.1, 0.15) is 26.7 Å². The van der Waals surface area contributed by atoms with Gasteiger partial charge in [-0.15, -0.1) is 0 Å². The summed E-state index contributed by atoms with van der Waals surface area (Å²) in [4.78, 5) is 12.1. The predicted molar refractivity (Wildman–Crippen MR) is 98.6 cm³/mol. The van der Waals surface area contributed by atoms with E-state index < -0.39 is 0 Å². The van der Waals surface area contributed by atoms with Gasteiger partial charge in [0.25, 0.3) is 5.91 Å². The van der Waals surface area contributed by atoms with Crippen molar-refractivity contribution >= 4 is 11.6 Å². The molecule has 0 saturated carbocycles. The zero-order chi connectivity index (χ0) is 17.9. The molecule has 0 fully saturated rings. The van der Waals surface area contributed by atoms with E-state index in [4.69, 9.17) is 14.2 Å². The van der Waals surface area contributed by atoms with Gasteiger partial charge in [-0.3, -0.25) is 4.79 Å². The Morgan fingerprint density at radius 3 is 2.28 bits per heavy atom. The summed E-state index contributed by atoms with van der Waals surface area (Å²) >= 11 is 0. The van der Waals surface area contributed by atoms with Gasteiger partial charge in [0, 0.05) is 0 Å². The van der Waals surface area contributed by atoms with Crippen molar-refractivity contribution in [2.75, 3.05) is 25.1 Å². The van der Waals surface area contributed by atoms with Gasteiger partial charge in [-0.25, -0.2) is 0 Å².